The Morgan fingerprint density at radius 2 is 1.79 bits per heavy atom. The second-order valence-corrected chi connectivity index (χ2v) is 9.47. The highest BCUT2D eigenvalue weighted by molar-refractivity contribution is 5.99. The molecule has 0 saturated heterocycles. The first-order valence-electron chi connectivity index (χ1n) is 10.2. The Hall–Kier alpha value is -2.31. The first-order valence-corrected chi connectivity index (χ1v) is 10.2. The fourth-order valence-electron chi connectivity index (χ4n) is 7.02. The van der Waals surface area contributed by atoms with Crippen molar-refractivity contribution in [1.29, 1.82) is 0 Å². The third-order valence-electron chi connectivity index (χ3n) is 7.87. The van der Waals surface area contributed by atoms with Crippen LogP contribution in [0.4, 0.5) is 13.2 Å². The molecule has 1 heterocycles. The van der Waals surface area contributed by atoms with E-state index in [0.717, 1.165) is 61.0 Å². The number of aromatic nitrogens is 1. The second kappa shape index (κ2) is 5.43. The molecule has 0 radical (unpaired) electrons. The van der Waals surface area contributed by atoms with Crippen LogP contribution in [-0.2, 0) is 6.18 Å². The number of amides is 1. The van der Waals surface area contributed by atoms with Crippen molar-refractivity contribution < 1.29 is 22.5 Å². The molecule has 0 spiro atoms. The van der Waals surface area contributed by atoms with Crippen LogP contribution in [0.25, 0.3) is 11.1 Å². The number of rotatable bonds is 3. The molecule has 2 aromatic rings. The van der Waals surface area contributed by atoms with Crippen molar-refractivity contribution in [2.75, 3.05) is 0 Å². The lowest BCUT2D eigenvalue weighted by Gasteiger charge is -2.48. The number of aryl methyl sites for hydroxylation is 1. The van der Waals surface area contributed by atoms with Crippen LogP contribution >= 0.6 is 0 Å². The maximum atomic E-state index is 13.1. The van der Waals surface area contributed by atoms with Crippen molar-refractivity contribution in [3.05, 3.63) is 41.3 Å². The highest BCUT2D eigenvalue weighted by atomic mass is 19.4. The lowest BCUT2D eigenvalue weighted by atomic mass is 9.63. The number of nitrogens with zero attached hydrogens (tertiary/aromatic N) is 1. The SMILES string of the molecule is Cc1noc(C(=O)NC23CC4C[C@H](C2)C2C(C3)C42)c1-c1ccc(C(F)(F)F)cc1. The minimum absolute atomic E-state index is 0.0883. The summed E-state index contributed by atoms with van der Waals surface area (Å²) < 4.78 is 44.0. The van der Waals surface area contributed by atoms with Gasteiger partial charge in [-0.1, -0.05) is 17.3 Å². The molecule has 5 fully saturated rings. The van der Waals surface area contributed by atoms with Crippen LogP contribution in [0.5, 0.6) is 0 Å². The van der Waals surface area contributed by atoms with Gasteiger partial charge in [0.05, 0.1) is 16.8 Å². The van der Waals surface area contributed by atoms with E-state index in [4.69, 9.17) is 4.52 Å². The lowest BCUT2D eigenvalue weighted by molar-refractivity contribution is -0.137. The molecule has 1 N–H and O–H groups in total. The van der Waals surface area contributed by atoms with Crippen molar-refractivity contribution in [2.45, 2.75) is 44.3 Å². The molecule has 6 atom stereocenters. The average Bonchev–Trinajstić information content (AvgIpc) is 3.14. The molecule has 5 aliphatic carbocycles. The van der Waals surface area contributed by atoms with Gasteiger partial charge in [-0.25, -0.2) is 0 Å². The van der Waals surface area contributed by atoms with Crippen LogP contribution in [0, 0.1) is 36.5 Å². The number of halogens is 3. The number of carbonyl (C=O) groups excluding carboxylic acids is 1. The number of alkyl halides is 3. The first-order chi connectivity index (χ1) is 13.8. The van der Waals surface area contributed by atoms with Gasteiger partial charge in [0.2, 0.25) is 5.76 Å². The van der Waals surface area contributed by atoms with Crippen LogP contribution in [0.1, 0.15) is 47.5 Å². The molecule has 1 amide bonds. The number of hydrogen-bond acceptors (Lipinski definition) is 3. The zero-order chi connectivity index (χ0) is 20.1. The summed E-state index contributed by atoms with van der Waals surface area (Å²) in [5.74, 6) is 3.81. The summed E-state index contributed by atoms with van der Waals surface area (Å²) in [6.07, 6.45) is 0.0275. The fourth-order valence-corrected chi connectivity index (χ4v) is 7.02. The summed E-state index contributed by atoms with van der Waals surface area (Å²) in [4.78, 5) is 13.1. The minimum atomic E-state index is -4.40. The molecule has 29 heavy (non-hydrogen) atoms. The molecular formula is C22H21F3N2O2. The van der Waals surface area contributed by atoms with E-state index in [1.54, 1.807) is 6.92 Å². The van der Waals surface area contributed by atoms with E-state index in [1.165, 1.54) is 18.6 Å². The maximum Gasteiger partial charge on any atom is 0.416 e. The van der Waals surface area contributed by atoms with Crippen molar-refractivity contribution in [3.8, 4) is 11.1 Å². The molecule has 1 aromatic carbocycles. The van der Waals surface area contributed by atoms with Gasteiger partial charge in [0, 0.05) is 5.54 Å². The van der Waals surface area contributed by atoms with Crippen LogP contribution in [0.3, 0.4) is 0 Å². The summed E-state index contributed by atoms with van der Waals surface area (Å²) >= 11 is 0. The van der Waals surface area contributed by atoms with Gasteiger partial charge >= 0.3 is 6.18 Å². The Morgan fingerprint density at radius 3 is 2.38 bits per heavy atom. The number of hydrogen-bond donors (Lipinski definition) is 1. The van der Waals surface area contributed by atoms with Crippen molar-refractivity contribution in [2.24, 2.45) is 29.6 Å². The molecule has 152 valence electrons. The Balaban J connectivity index is 1.28. The van der Waals surface area contributed by atoms with Crippen LogP contribution in [0.2, 0.25) is 0 Å². The topological polar surface area (TPSA) is 55.1 Å². The molecule has 4 bridgehead atoms. The lowest BCUT2D eigenvalue weighted by Crippen LogP contribution is -2.56. The number of benzene rings is 1. The summed E-state index contributed by atoms with van der Waals surface area (Å²) in [7, 11) is 0. The number of nitrogens with one attached hydrogen (secondary N) is 1. The van der Waals surface area contributed by atoms with Gasteiger partial charge in [-0.2, -0.15) is 13.2 Å². The molecular weight excluding hydrogens is 381 g/mol. The van der Waals surface area contributed by atoms with E-state index in [0.29, 0.717) is 16.8 Å². The van der Waals surface area contributed by atoms with E-state index in [9.17, 15) is 18.0 Å². The standard InChI is InChI=1S/C22H21F3N2O2/c1-10-16(11-2-4-14(5-3-11)22(23,24)25)19(29-27-10)20(28)26-21-7-12-6-13(8-21)18-15(9-21)17(12)18/h2-5,12-13,15,17-18H,6-9H2,1H3,(H,26,28)/t12-,13?,15?,17?,18?,21?/m1/s1. The van der Waals surface area contributed by atoms with E-state index in [-0.39, 0.29) is 17.2 Å². The van der Waals surface area contributed by atoms with Crippen molar-refractivity contribution in [3.63, 3.8) is 0 Å². The third kappa shape index (κ3) is 2.45. The monoisotopic (exact) mass is 402 g/mol. The summed E-state index contributed by atoms with van der Waals surface area (Å²) in [5, 5.41) is 7.19. The maximum absolute atomic E-state index is 13.1. The minimum Gasteiger partial charge on any atom is -0.350 e. The van der Waals surface area contributed by atoms with Crippen molar-refractivity contribution in [1.82, 2.24) is 10.5 Å². The quantitative estimate of drug-likeness (QED) is 0.800. The molecule has 5 aliphatic rings. The Labute approximate surface area is 165 Å². The molecule has 4 nitrogen and oxygen atoms in total. The zero-order valence-corrected chi connectivity index (χ0v) is 15.9. The average molecular weight is 402 g/mol. The van der Waals surface area contributed by atoms with Gasteiger partial charge in [0.25, 0.3) is 5.91 Å². The second-order valence-electron chi connectivity index (χ2n) is 9.47. The molecule has 1 aromatic heterocycles. The van der Waals surface area contributed by atoms with Crippen LogP contribution in [0.15, 0.2) is 28.8 Å². The summed E-state index contributed by atoms with van der Waals surface area (Å²) in [6.45, 7) is 1.70. The summed E-state index contributed by atoms with van der Waals surface area (Å²) in [5.41, 5.74) is 0.572. The van der Waals surface area contributed by atoms with Gasteiger partial charge in [0.15, 0.2) is 0 Å². The predicted molar refractivity (Wildman–Crippen MR) is 97.8 cm³/mol. The third-order valence-corrected chi connectivity index (χ3v) is 7.87. The molecule has 0 aliphatic heterocycles. The smallest absolute Gasteiger partial charge is 0.350 e. The van der Waals surface area contributed by atoms with Gasteiger partial charge in [-0.05, 0) is 79.9 Å². The molecule has 7 rings (SSSR count). The van der Waals surface area contributed by atoms with Gasteiger partial charge in [-0.3, -0.25) is 4.79 Å². The highest BCUT2D eigenvalue weighted by Crippen LogP contribution is 2.75. The predicted octanol–water partition coefficient (Wildman–Crippen LogP) is 4.83. The van der Waals surface area contributed by atoms with Gasteiger partial charge in [-0.15, -0.1) is 0 Å². The van der Waals surface area contributed by atoms with Crippen LogP contribution in [-0.4, -0.2) is 16.6 Å². The van der Waals surface area contributed by atoms with E-state index in [1.807, 2.05) is 0 Å². The fraction of sp³-hybridized carbons (Fsp3) is 0.545. The molecule has 5 unspecified atom stereocenters. The molecule has 7 heteroatoms. The largest absolute Gasteiger partial charge is 0.416 e. The van der Waals surface area contributed by atoms with Crippen molar-refractivity contribution >= 4 is 5.91 Å². The normalized spacial score (nSPS) is 36.3. The van der Waals surface area contributed by atoms with E-state index < -0.39 is 11.7 Å². The number of carbonyl (C=O) groups is 1. The Bertz CT molecular complexity index is 992. The first kappa shape index (κ1) is 17.5. The van der Waals surface area contributed by atoms with E-state index in [2.05, 4.69) is 10.5 Å². The van der Waals surface area contributed by atoms with Gasteiger partial charge < -0.3 is 9.84 Å². The van der Waals surface area contributed by atoms with Crippen LogP contribution < -0.4 is 5.32 Å². The zero-order valence-electron chi connectivity index (χ0n) is 15.9. The Kier molecular flexibility index (Phi) is 3.29. The van der Waals surface area contributed by atoms with E-state index >= 15 is 0 Å². The van der Waals surface area contributed by atoms with Gasteiger partial charge in [0.1, 0.15) is 0 Å². The summed E-state index contributed by atoms with van der Waals surface area (Å²) in [6, 6.07) is 4.77. The molecule has 5 saturated carbocycles. The Morgan fingerprint density at radius 1 is 1.14 bits per heavy atom. The highest BCUT2D eigenvalue weighted by Gasteiger charge is 2.72.